The zero-order valence-electron chi connectivity index (χ0n) is 16.1. The zero-order chi connectivity index (χ0) is 20.4. The molecule has 0 aromatic heterocycles. The Morgan fingerprint density at radius 1 is 1.25 bits per heavy atom. The number of aryl methyl sites for hydroxylation is 1. The van der Waals surface area contributed by atoms with Gasteiger partial charge in [0.05, 0.1) is 17.8 Å². The van der Waals surface area contributed by atoms with Crippen LogP contribution in [-0.4, -0.2) is 42.4 Å². The van der Waals surface area contributed by atoms with Crippen LogP contribution in [0.15, 0.2) is 42.5 Å². The topological polar surface area (TPSA) is 52.7 Å². The lowest BCUT2D eigenvalue weighted by Gasteiger charge is -2.29. The highest BCUT2D eigenvalue weighted by Crippen LogP contribution is 2.27. The Labute approximate surface area is 162 Å². The molecule has 0 radical (unpaired) electrons. The number of benzene rings is 2. The van der Waals surface area contributed by atoms with E-state index in [9.17, 15) is 18.4 Å². The number of anilines is 2. The van der Waals surface area contributed by atoms with Gasteiger partial charge in [0, 0.05) is 12.2 Å². The summed E-state index contributed by atoms with van der Waals surface area (Å²) >= 11 is 0. The number of rotatable bonds is 5. The molecule has 2 atom stereocenters. The van der Waals surface area contributed by atoms with Gasteiger partial charge in [0.25, 0.3) is 0 Å². The molecule has 2 aromatic rings. The van der Waals surface area contributed by atoms with Gasteiger partial charge in [0.2, 0.25) is 11.8 Å². The predicted molar refractivity (Wildman–Crippen MR) is 104 cm³/mol. The Kier molecular flexibility index (Phi) is 5.74. The first-order valence-electron chi connectivity index (χ1n) is 9.14. The summed E-state index contributed by atoms with van der Waals surface area (Å²) in [5.41, 5.74) is 1.39. The molecule has 2 unspecified atom stereocenters. The van der Waals surface area contributed by atoms with Crippen LogP contribution in [0.5, 0.6) is 0 Å². The van der Waals surface area contributed by atoms with Gasteiger partial charge >= 0.3 is 0 Å². The second-order valence-electron chi connectivity index (χ2n) is 7.04. The number of likely N-dealkylation sites (N-methyl/N-ethyl adjacent to an activating group) is 1. The van der Waals surface area contributed by atoms with Crippen molar-refractivity contribution in [3.8, 4) is 0 Å². The first kappa shape index (κ1) is 19.9. The van der Waals surface area contributed by atoms with Gasteiger partial charge in [0.15, 0.2) is 0 Å². The van der Waals surface area contributed by atoms with Crippen molar-refractivity contribution in [3.63, 3.8) is 0 Å². The third kappa shape index (κ3) is 3.89. The Morgan fingerprint density at radius 3 is 2.68 bits per heavy atom. The van der Waals surface area contributed by atoms with Gasteiger partial charge in [-0.25, -0.2) is 8.78 Å². The van der Waals surface area contributed by atoms with Crippen molar-refractivity contribution >= 4 is 23.2 Å². The van der Waals surface area contributed by atoms with Crippen LogP contribution in [0.4, 0.5) is 20.2 Å². The molecule has 148 valence electrons. The van der Waals surface area contributed by atoms with Crippen molar-refractivity contribution < 1.29 is 18.4 Å². The van der Waals surface area contributed by atoms with Crippen LogP contribution in [0.2, 0.25) is 0 Å². The van der Waals surface area contributed by atoms with E-state index in [2.05, 4.69) is 5.32 Å². The van der Waals surface area contributed by atoms with Crippen LogP contribution < -0.4 is 10.2 Å². The first-order valence-corrected chi connectivity index (χ1v) is 9.14. The highest BCUT2D eigenvalue weighted by Gasteiger charge is 2.39. The van der Waals surface area contributed by atoms with Crippen LogP contribution in [0.25, 0.3) is 0 Å². The second kappa shape index (κ2) is 8.06. The number of amides is 2. The summed E-state index contributed by atoms with van der Waals surface area (Å²) in [5, 5.41) is 2.72. The van der Waals surface area contributed by atoms with Gasteiger partial charge in [-0.2, -0.15) is 0 Å². The lowest BCUT2D eigenvalue weighted by Crippen LogP contribution is -2.48. The first-order chi connectivity index (χ1) is 13.3. The number of nitrogens with one attached hydrogen (secondary N) is 1. The average Bonchev–Trinajstić information content (AvgIpc) is 3.05. The fourth-order valence-electron chi connectivity index (χ4n) is 3.37. The SMILES string of the molecule is Cc1ccc(F)cc1NC(=O)C(C)N(C)C1CCN(c2ccccc2F)C1=O. The number of nitrogens with zero attached hydrogens (tertiary/aromatic N) is 2. The Bertz CT molecular complexity index is 903. The number of carbonyl (C=O) groups excluding carboxylic acids is 2. The van der Waals surface area contributed by atoms with Crippen molar-refractivity contribution in [3.05, 3.63) is 59.7 Å². The zero-order valence-corrected chi connectivity index (χ0v) is 16.1. The van der Waals surface area contributed by atoms with Gasteiger partial charge in [-0.3, -0.25) is 14.5 Å². The number of hydrogen-bond acceptors (Lipinski definition) is 3. The molecule has 2 aromatic carbocycles. The fourth-order valence-corrected chi connectivity index (χ4v) is 3.37. The molecule has 28 heavy (non-hydrogen) atoms. The largest absolute Gasteiger partial charge is 0.324 e. The monoisotopic (exact) mass is 387 g/mol. The molecule has 3 rings (SSSR count). The fraction of sp³-hybridized carbons (Fsp3) is 0.333. The summed E-state index contributed by atoms with van der Waals surface area (Å²) in [4.78, 5) is 28.5. The van der Waals surface area contributed by atoms with E-state index in [1.807, 2.05) is 0 Å². The van der Waals surface area contributed by atoms with E-state index in [0.717, 1.165) is 5.56 Å². The van der Waals surface area contributed by atoms with Crippen LogP contribution >= 0.6 is 0 Å². The molecule has 7 heteroatoms. The average molecular weight is 387 g/mol. The van der Waals surface area contributed by atoms with Gasteiger partial charge in [-0.15, -0.1) is 0 Å². The van der Waals surface area contributed by atoms with Crippen molar-refractivity contribution in [1.82, 2.24) is 4.90 Å². The van der Waals surface area contributed by atoms with E-state index in [4.69, 9.17) is 0 Å². The summed E-state index contributed by atoms with van der Waals surface area (Å²) in [6.45, 7) is 3.84. The molecule has 1 fully saturated rings. The minimum absolute atomic E-state index is 0.241. The van der Waals surface area contributed by atoms with Gasteiger partial charge in [-0.05, 0) is 57.1 Å². The summed E-state index contributed by atoms with van der Waals surface area (Å²) in [5.74, 6) is -1.47. The Hall–Kier alpha value is -2.80. The maximum atomic E-state index is 14.0. The molecule has 1 N–H and O–H groups in total. The van der Waals surface area contributed by atoms with Gasteiger partial charge in [-0.1, -0.05) is 18.2 Å². The lowest BCUT2D eigenvalue weighted by atomic mass is 10.1. The van der Waals surface area contributed by atoms with E-state index < -0.39 is 23.7 Å². The molecule has 0 spiro atoms. The Balaban J connectivity index is 1.70. The predicted octanol–water partition coefficient (Wildman–Crippen LogP) is 3.34. The number of halogens is 2. The minimum atomic E-state index is -0.628. The maximum Gasteiger partial charge on any atom is 0.244 e. The van der Waals surface area contributed by atoms with E-state index in [-0.39, 0.29) is 17.5 Å². The van der Waals surface area contributed by atoms with Crippen LogP contribution in [-0.2, 0) is 9.59 Å². The molecule has 0 bridgehead atoms. The maximum absolute atomic E-state index is 14.0. The molecule has 1 saturated heterocycles. The van der Waals surface area contributed by atoms with Crippen LogP contribution in [0.1, 0.15) is 18.9 Å². The number of hydrogen-bond donors (Lipinski definition) is 1. The summed E-state index contributed by atoms with van der Waals surface area (Å²) < 4.78 is 27.5. The van der Waals surface area contributed by atoms with Crippen molar-refractivity contribution in [2.24, 2.45) is 0 Å². The van der Waals surface area contributed by atoms with Gasteiger partial charge in [0.1, 0.15) is 11.6 Å². The van der Waals surface area contributed by atoms with Crippen LogP contribution in [0.3, 0.4) is 0 Å². The molecule has 1 aliphatic heterocycles. The van der Waals surface area contributed by atoms with Crippen molar-refractivity contribution in [2.45, 2.75) is 32.4 Å². The Morgan fingerprint density at radius 2 is 1.96 bits per heavy atom. The normalized spacial score (nSPS) is 17.9. The number of para-hydroxylation sites is 1. The third-order valence-electron chi connectivity index (χ3n) is 5.26. The molecular formula is C21H23F2N3O2. The standard InChI is InChI=1S/C21H23F2N3O2/c1-13-8-9-15(22)12-17(13)24-20(27)14(2)25(3)19-10-11-26(21(19)28)18-7-5-4-6-16(18)23/h4-9,12,14,19H,10-11H2,1-3H3,(H,24,27). The van der Waals surface area contributed by atoms with E-state index >= 15 is 0 Å². The lowest BCUT2D eigenvalue weighted by molar-refractivity contribution is -0.125. The molecule has 0 saturated carbocycles. The van der Waals surface area contributed by atoms with Crippen LogP contribution in [0, 0.1) is 18.6 Å². The quantitative estimate of drug-likeness (QED) is 0.856. The van der Waals surface area contributed by atoms with E-state index in [1.54, 1.807) is 50.1 Å². The molecule has 1 heterocycles. The molecule has 0 aliphatic carbocycles. The minimum Gasteiger partial charge on any atom is -0.324 e. The van der Waals surface area contributed by atoms with E-state index in [1.165, 1.54) is 23.1 Å². The highest BCUT2D eigenvalue weighted by molar-refractivity contribution is 6.00. The van der Waals surface area contributed by atoms with Crippen molar-refractivity contribution in [1.29, 1.82) is 0 Å². The number of carbonyl (C=O) groups is 2. The third-order valence-corrected chi connectivity index (χ3v) is 5.26. The smallest absolute Gasteiger partial charge is 0.244 e. The summed E-state index contributed by atoms with van der Waals surface area (Å²) in [7, 11) is 1.69. The molecule has 2 amide bonds. The van der Waals surface area contributed by atoms with Crippen molar-refractivity contribution in [2.75, 3.05) is 23.8 Å². The highest BCUT2D eigenvalue weighted by atomic mass is 19.1. The van der Waals surface area contributed by atoms with Gasteiger partial charge < -0.3 is 10.2 Å². The molecular weight excluding hydrogens is 364 g/mol. The van der Waals surface area contributed by atoms with E-state index in [0.29, 0.717) is 18.7 Å². The second-order valence-corrected chi connectivity index (χ2v) is 7.04. The summed E-state index contributed by atoms with van der Waals surface area (Å²) in [6, 6.07) is 9.16. The summed E-state index contributed by atoms with van der Waals surface area (Å²) in [6.07, 6.45) is 0.486. The molecule has 5 nitrogen and oxygen atoms in total. The molecule has 1 aliphatic rings.